The van der Waals surface area contributed by atoms with E-state index in [1.807, 2.05) is 0 Å². The van der Waals surface area contributed by atoms with Crippen molar-refractivity contribution in [1.29, 1.82) is 0 Å². The molecule has 8 heteroatoms. The molecule has 0 fully saturated rings. The fraction of sp³-hybridized carbons (Fsp3) is 0.500. The first-order chi connectivity index (χ1) is 9.19. The molecule has 0 bridgehead atoms. The first-order valence-electron chi connectivity index (χ1n) is 5.94. The standard InChI is InChI=1S/C12H13F3N2O3/c1-3-9-5-11(19,12(13,14)15)17(16-9)10(18)8-4-7(2)20-6-8/h4,6,19H,3,5H2,1-2H3. The van der Waals surface area contributed by atoms with Crippen LogP contribution in [-0.4, -0.2) is 33.6 Å². The van der Waals surface area contributed by atoms with Crippen LogP contribution in [0.3, 0.4) is 0 Å². The Morgan fingerprint density at radius 2 is 2.25 bits per heavy atom. The van der Waals surface area contributed by atoms with E-state index in [2.05, 4.69) is 5.10 Å². The molecule has 0 saturated heterocycles. The second-order valence-corrected chi connectivity index (χ2v) is 4.57. The fourth-order valence-electron chi connectivity index (χ4n) is 1.93. The van der Waals surface area contributed by atoms with Crippen molar-refractivity contribution in [2.24, 2.45) is 5.10 Å². The number of amides is 1. The van der Waals surface area contributed by atoms with Gasteiger partial charge < -0.3 is 9.52 Å². The summed E-state index contributed by atoms with van der Waals surface area (Å²) in [7, 11) is 0. The molecular weight excluding hydrogens is 277 g/mol. The van der Waals surface area contributed by atoms with Crippen molar-refractivity contribution in [2.75, 3.05) is 0 Å². The molecule has 110 valence electrons. The van der Waals surface area contributed by atoms with Gasteiger partial charge in [0, 0.05) is 12.1 Å². The van der Waals surface area contributed by atoms with E-state index in [1.165, 1.54) is 6.07 Å². The summed E-state index contributed by atoms with van der Waals surface area (Å²) in [6, 6.07) is 1.29. The number of rotatable bonds is 2. The molecule has 2 heterocycles. The Morgan fingerprint density at radius 1 is 1.60 bits per heavy atom. The Kier molecular flexibility index (Phi) is 3.37. The van der Waals surface area contributed by atoms with Gasteiger partial charge in [-0.2, -0.15) is 23.3 Å². The summed E-state index contributed by atoms with van der Waals surface area (Å²) in [6.07, 6.45) is -4.49. The predicted molar refractivity (Wildman–Crippen MR) is 63.0 cm³/mol. The van der Waals surface area contributed by atoms with Crippen LogP contribution >= 0.6 is 0 Å². The van der Waals surface area contributed by atoms with Gasteiger partial charge >= 0.3 is 6.18 Å². The lowest BCUT2D eigenvalue weighted by atomic mass is 10.0. The highest BCUT2D eigenvalue weighted by Crippen LogP contribution is 2.41. The van der Waals surface area contributed by atoms with E-state index in [0.29, 0.717) is 5.76 Å². The third kappa shape index (κ3) is 2.20. The molecular formula is C12H13F3N2O3. The summed E-state index contributed by atoms with van der Waals surface area (Å²) >= 11 is 0. The van der Waals surface area contributed by atoms with Crippen molar-refractivity contribution in [2.45, 2.75) is 38.6 Å². The number of hydrazone groups is 1. The molecule has 1 aromatic heterocycles. The number of aryl methyl sites for hydroxylation is 1. The highest BCUT2D eigenvalue weighted by Gasteiger charge is 2.63. The summed E-state index contributed by atoms with van der Waals surface area (Å²) in [5.74, 6) is -0.673. The molecule has 20 heavy (non-hydrogen) atoms. The molecule has 2 rings (SSSR count). The maximum absolute atomic E-state index is 13.0. The van der Waals surface area contributed by atoms with Crippen LogP contribution in [0.1, 0.15) is 35.9 Å². The number of hydrogen-bond donors (Lipinski definition) is 1. The van der Waals surface area contributed by atoms with E-state index in [1.54, 1.807) is 13.8 Å². The van der Waals surface area contributed by atoms with Crippen molar-refractivity contribution in [3.8, 4) is 0 Å². The Labute approximate surface area is 112 Å². The highest BCUT2D eigenvalue weighted by molar-refractivity contribution is 5.98. The molecule has 1 unspecified atom stereocenters. The zero-order chi connectivity index (χ0) is 15.1. The number of furan rings is 1. The number of aliphatic hydroxyl groups is 1. The molecule has 0 spiro atoms. The van der Waals surface area contributed by atoms with E-state index in [9.17, 15) is 23.1 Å². The van der Waals surface area contributed by atoms with Gasteiger partial charge in [-0.05, 0) is 19.4 Å². The van der Waals surface area contributed by atoms with E-state index >= 15 is 0 Å². The predicted octanol–water partition coefficient (Wildman–Crippen LogP) is 2.45. The number of carbonyl (C=O) groups excluding carboxylic acids is 1. The van der Waals surface area contributed by atoms with Gasteiger partial charge in [0.15, 0.2) is 0 Å². The van der Waals surface area contributed by atoms with E-state index < -0.39 is 24.2 Å². The van der Waals surface area contributed by atoms with Crippen molar-refractivity contribution in [3.05, 3.63) is 23.7 Å². The molecule has 5 nitrogen and oxygen atoms in total. The molecule has 0 saturated carbocycles. The smallest absolute Gasteiger partial charge is 0.438 e. The molecule has 1 amide bonds. The Bertz CT molecular complexity index is 565. The van der Waals surface area contributed by atoms with Crippen LogP contribution in [0.15, 0.2) is 21.8 Å². The van der Waals surface area contributed by atoms with Crippen molar-refractivity contribution in [1.82, 2.24) is 5.01 Å². The van der Waals surface area contributed by atoms with Gasteiger partial charge in [0.05, 0.1) is 5.56 Å². The average Bonchev–Trinajstić information content (AvgIpc) is 2.92. The molecule has 0 aromatic carbocycles. The molecule has 1 aliphatic rings. The van der Waals surface area contributed by atoms with Crippen molar-refractivity contribution in [3.63, 3.8) is 0 Å². The average molecular weight is 290 g/mol. The number of alkyl halides is 3. The van der Waals surface area contributed by atoms with Crippen LogP contribution in [0.2, 0.25) is 0 Å². The Morgan fingerprint density at radius 3 is 2.70 bits per heavy atom. The third-order valence-corrected chi connectivity index (χ3v) is 3.07. The SMILES string of the molecule is CCC1=NN(C(=O)c2coc(C)c2)C(O)(C(F)(F)F)C1. The summed E-state index contributed by atoms with van der Waals surface area (Å²) in [4.78, 5) is 12.1. The monoisotopic (exact) mass is 290 g/mol. The lowest BCUT2D eigenvalue weighted by Crippen LogP contribution is -2.56. The first kappa shape index (κ1) is 14.6. The third-order valence-electron chi connectivity index (χ3n) is 3.07. The Hall–Kier alpha value is -1.83. The van der Waals surface area contributed by atoms with E-state index in [4.69, 9.17) is 4.42 Å². The quantitative estimate of drug-likeness (QED) is 0.909. The van der Waals surface area contributed by atoms with Crippen molar-refractivity contribution >= 4 is 11.6 Å². The minimum atomic E-state index is -5.00. The van der Waals surface area contributed by atoms with Gasteiger partial charge in [-0.25, -0.2) is 0 Å². The number of halogens is 3. The van der Waals surface area contributed by atoms with Gasteiger partial charge in [-0.1, -0.05) is 6.92 Å². The van der Waals surface area contributed by atoms with Crippen LogP contribution in [-0.2, 0) is 0 Å². The lowest BCUT2D eigenvalue weighted by Gasteiger charge is -2.32. The number of carbonyl (C=O) groups is 1. The van der Waals surface area contributed by atoms with Gasteiger partial charge in [-0.3, -0.25) is 4.79 Å². The van der Waals surface area contributed by atoms with Gasteiger partial charge in [0.1, 0.15) is 12.0 Å². The zero-order valence-electron chi connectivity index (χ0n) is 10.9. The van der Waals surface area contributed by atoms with Gasteiger partial charge in [-0.15, -0.1) is 0 Å². The van der Waals surface area contributed by atoms with E-state index in [0.717, 1.165) is 6.26 Å². The molecule has 0 radical (unpaired) electrons. The fourth-order valence-corrected chi connectivity index (χ4v) is 1.93. The molecule has 1 N–H and O–H groups in total. The highest BCUT2D eigenvalue weighted by atomic mass is 19.4. The van der Waals surface area contributed by atoms with Crippen LogP contribution in [0.25, 0.3) is 0 Å². The van der Waals surface area contributed by atoms with Crippen LogP contribution in [0.4, 0.5) is 13.2 Å². The summed E-state index contributed by atoms with van der Waals surface area (Å²) in [5, 5.41) is 13.6. The van der Waals surface area contributed by atoms with Gasteiger partial charge in [0.25, 0.3) is 11.6 Å². The maximum atomic E-state index is 13.0. The summed E-state index contributed by atoms with van der Waals surface area (Å²) in [6.45, 7) is 3.16. The van der Waals surface area contributed by atoms with Crippen molar-refractivity contribution < 1.29 is 27.5 Å². The maximum Gasteiger partial charge on any atom is 0.438 e. The summed E-state index contributed by atoms with van der Waals surface area (Å²) < 4.78 is 44.0. The number of nitrogens with zero attached hydrogens (tertiary/aromatic N) is 2. The van der Waals surface area contributed by atoms with Gasteiger partial charge in [0.2, 0.25) is 0 Å². The Balaban J connectivity index is 2.40. The minimum Gasteiger partial charge on any atom is -0.469 e. The minimum absolute atomic E-state index is 0.0914. The molecule has 1 aliphatic heterocycles. The second kappa shape index (κ2) is 4.62. The lowest BCUT2D eigenvalue weighted by molar-refractivity contribution is -0.297. The largest absolute Gasteiger partial charge is 0.469 e. The number of hydrogen-bond acceptors (Lipinski definition) is 4. The van der Waals surface area contributed by atoms with Crippen LogP contribution < -0.4 is 0 Å². The molecule has 1 atom stereocenters. The topological polar surface area (TPSA) is 66.0 Å². The van der Waals surface area contributed by atoms with E-state index in [-0.39, 0.29) is 22.7 Å². The van der Waals surface area contributed by atoms with Crippen LogP contribution in [0.5, 0.6) is 0 Å². The first-order valence-corrected chi connectivity index (χ1v) is 5.94. The molecule has 1 aromatic rings. The second-order valence-electron chi connectivity index (χ2n) is 4.57. The van der Waals surface area contributed by atoms with Crippen LogP contribution in [0, 0.1) is 6.92 Å². The summed E-state index contributed by atoms with van der Waals surface area (Å²) in [5.41, 5.74) is -3.29. The molecule has 0 aliphatic carbocycles. The zero-order valence-corrected chi connectivity index (χ0v) is 10.9. The normalized spacial score (nSPS) is 23.1.